The van der Waals surface area contributed by atoms with Crippen molar-refractivity contribution in [2.45, 2.75) is 46.1 Å². The molecule has 134 valence electrons. The molecule has 0 radical (unpaired) electrons. The SMILES string of the molecule is CCOC(=O)N[C@@H]1CCCN(S(=O)(=O)N2C[C@@H](C)C[C@H](C)C2)C1. The average molecular weight is 347 g/mol. The molecule has 0 spiro atoms. The molecule has 0 aromatic carbocycles. The average Bonchev–Trinajstić information content (AvgIpc) is 2.46. The molecule has 0 bridgehead atoms. The summed E-state index contributed by atoms with van der Waals surface area (Å²) in [5.41, 5.74) is 0. The predicted octanol–water partition coefficient (Wildman–Crippen LogP) is 1.42. The Morgan fingerprint density at radius 3 is 2.43 bits per heavy atom. The molecule has 8 heteroatoms. The van der Waals surface area contributed by atoms with Gasteiger partial charge in [-0.05, 0) is 38.0 Å². The van der Waals surface area contributed by atoms with Gasteiger partial charge in [0.05, 0.1) is 6.61 Å². The zero-order chi connectivity index (χ0) is 17.0. The number of carbonyl (C=O) groups excluding carboxylic acids is 1. The van der Waals surface area contributed by atoms with Gasteiger partial charge in [0.25, 0.3) is 10.2 Å². The van der Waals surface area contributed by atoms with Gasteiger partial charge in [0.15, 0.2) is 0 Å². The van der Waals surface area contributed by atoms with Crippen LogP contribution in [0, 0.1) is 11.8 Å². The lowest BCUT2D eigenvalue weighted by Gasteiger charge is -2.39. The molecule has 2 fully saturated rings. The topological polar surface area (TPSA) is 79.0 Å². The van der Waals surface area contributed by atoms with Crippen LogP contribution in [0.25, 0.3) is 0 Å². The molecule has 2 aliphatic rings. The van der Waals surface area contributed by atoms with Crippen LogP contribution >= 0.6 is 0 Å². The largest absolute Gasteiger partial charge is 0.450 e. The first-order valence-electron chi connectivity index (χ1n) is 8.51. The molecule has 3 atom stereocenters. The monoisotopic (exact) mass is 347 g/mol. The maximum atomic E-state index is 12.9. The van der Waals surface area contributed by atoms with E-state index in [9.17, 15) is 13.2 Å². The molecule has 23 heavy (non-hydrogen) atoms. The highest BCUT2D eigenvalue weighted by molar-refractivity contribution is 7.86. The van der Waals surface area contributed by atoms with E-state index in [0.29, 0.717) is 44.6 Å². The van der Waals surface area contributed by atoms with Crippen LogP contribution in [-0.4, -0.2) is 61.9 Å². The Bertz CT molecular complexity index is 501. The summed E-state index contributed by atoms with van der Waals surface area (Å²) in [5, 5.41) is 2.76. The fourth-order valence-electron chi connectivity index (χ4n) is 3.57. The van der Waals surface area contributed by atoms with Gasteiger partial charge in [-0.25, -0.2) is 4.79 Å². The maximum absolute atomic E-state index is 12.9. The Hall–Kier alpha value is -0.860. The molecule has 0 saturated carbocycles. The number of nitrogens with one attached hydrogen (secondary N) is 1. The minimum absolute atomic E-state index is 0.183. The number of alkyl carbamates (subject to hydrolysis) is 1. The van der Waals surface area contributed by atoms with E-state index in [-0.39, 0.29) is 6.04 Å². The van der Waals surface area contributed by atoms with Crippen molar-refractivity contribution < 1.29 is 17.9 Å². The number of nitrogens with zero attached hydrogens (tertiary/aromatic N) is 2. The number of rotatable bonds is 4. The second-order valence-corrected chi connectivity index (χ2v) is 8.76. The molecule has 1 amide bonds. The van der Waals surface area contributed by atoms with Crippen LogP contribution in [0.15, 0.2) is 0 Å². The summed E-state index contributed by atoms with van der Waals surface area (Å²) in [6.45, 7) is 8.25. The third-order valence-electron chi connectivity index (χ3n) is 4.47. The quantitative estimate of drug-likeness (QED) is 0.834. The number of ether oxygens (including phenoxy) is 1. The highest BCUT2D eigenvalue weighted by Gasteiger charge is 2.37. The standard InChI is InChI=1S/C15H29N3O4S/c1-4-22-15(19)16-14-6-5-7-17(11-14)23(20,21)18-9-12(2)8-13(3)10-18/h12-14H,4-11H2,1-3H3,(H,16,19)/t12-,13-,14+/m0/s1. The molecule has 0 aromatic rings. The van der Waals surface area contributed by atoms with Gasteiger partial charge in [-0.15, -0.1) is 0 Å². The molecule has 7 nitrogen and oxygen atoms in total. The predicted molar refractivity (Wildman–Crippen MR) is 88.2 cm³/mol. The lowest BCUT2D eigenvalue weighted by molar-refractivity contribution is 0.141. The van der Waals surface area contributed by atoms with Crippen molar-refractivity contribution in [3.8, 4) is 0 Å². The van der Waals surface area contributed by atoms with Gasteiger partial charge in [0.1, 0.15) is 0 Å². The fraction of sp³-hybridized carbons (Fsp3) is 0.933. The van der Waals surface area contributed by atoms with Crippen LogP contribution in [0.4, 0.5) is 4.79 Å². The summed E-state index contributed by atoms with van der Waals surface area (Å²) in [6.07, 6.45) is 2.11. The summed E-state index contributed by atoms with van der Waals surface area (Å²) < 4.78 is 33.8. The number of hydrogen-bond donors (Lipinski definition) is 1. The van der Waals surface area contributed by atoms with E-state index in [1.807, 2.05) is 0 Å². The minimum Gasteiger partial charge on any atom is -0.450 e. The Labute approximate surface area is 139 Å². The normalized spacial score (nSPS) is 30.8. The lowest BCUT2D eigenvalue weighted by Crippen LogP contribution is -2.55. The smallest absolute Gasteiger partial charge is 0.407 e. The lowest BCUT2D eigenvalue weighted by atomic mass is 9.94. The van der Waals surface area contributed by atoms with Gasteiger partial charge in [0, 0.05) is 32.2 Å². The molecule has 2 saturated heterocycles. The van der Waals surface area contributed by atoms with Crippen LogP contribution in [0.1, 0.15) is 40.0 Å². The molecule has 0 aromatic heterocycles. The zero-order valence-electron chi connectivity index (χ0n) is 14.3. The molecular weight excluding hydrogens is 318 g/mol. The van der Waals surface area contributed by atoms with Crippen LogP contribution in [-0.2, 0) is 14.9 Å². The Balaban J connectivity index is 2.00. The molecule has 0 aliphatic carbocycles. The summed E-state index contributed by atoms with van der Waals surface area (Å²) in [5.74, 6) is 0.763. The van der Waals surface area contributed by atoms with E-state index < -0.39 is 16.3 Å². The van der Waals surface area contributed by atoms with Gasteiger partial charge in [0.2, 0.25) is 0 Å². The van der Waals surface area contributed by atoms with Crippen LogP contribution in [0.3, 0.4) is 0 Å². The highest BCUT2D eigenvalue weighted by Crippen LogP contribution is 2.26. The van der Waals surface area contributed by atoms with Crippen LogP contribution in [0.5, 0.6) is 0 Å². The Morgan fingerprint density at radius 2 is 1.83 bits per heavy atom. The molecule has 2 heterocycles. The van der Waals surface area contributed by atoms with Crippen molar-refractivity contribution in [3.05, 3.63) is 0 Å². The van der Waals surface area contributed by atoms with Crippen molar-refractivity contribution >= 4 is 16.3 Å². The van der Waals surface area contributed by atoms with Gasteiger partial charge < -0.3 is 10.1 Å². The highest BCUT2D eigenvalue weighted by atomic mass is 32.2. The molecule has 0 unspecified atom stereocenters. The van der Waals surface area contributed by atoms with Gasteiger partial charge in [-0.2, -0.15) is 17.0 Å². The van der Waals surface area contributed by atoms with E-state index >= 15 is 0 Å². The van der Waals surface area contributed by atoms with Crippen LogP contribution in [0.2, 0.25) is 0 Å². The zero-order valence-corrected chi connectivity index (χ0v) is 15.1. The summed E-state index contributed by atoms with van der Waals surface area (Å²) in [4.78, 5) is 11.5. The maximum Gasteiger partial charge on any atom is 0.407 e. The Morgan fingerprint density at radius 1 is 1.17 bits per heavy atom. The first-order chi connectivity index (χ1) is 10.8. The summed E-state index contributed by atoms with van der Waals surface area (Å²) in [7, 11) is -3.46. The number of amides is 1. The van der Waals surface area contributed by atoms with E-state index in [2.05, 4.69) is 19.2 Å². The fourth-order valence-corrected chi connectivity index (χ4v) is 5.51. The van der Waals surface area contributed by atoms with E-state index in [0.717, 1.165) is 19.3 Å². The van der Waals surface area contributed by atoms with Gasteiger partial charge in [-0.1, -0.05) is 13.8 Å². The third kappa shape index (κ3) is 4.81. The Kier molecular flexibility index (Phi) is 6.27. The van der Waals surface area contributed by atoms with E-state index in [1.54, 1.807) is 11.2 Å². The number of hydrogen-bond acceptors (Lipinski definition) is 4. The van der Waals surface area contributed by atoms with Crippen LogP contribution < -0.4 is 5.32 Å². The van der Waals surface area contributed by atoms with Gasteiger partial charge >= 0.3 is 6.09 Å². The van der Waals surface area contributed by atoms with Gasteiger partial charge in [-0.3, -0.25) is 0 Å². The number of piperidine rings is 2. The number of carbonyl (C=O) groups is 1. The van der Waals surface area contributed by atoms with Crippen molar-refractivity contribution in [2.75, 3.05) is 32.8 Å². The molecule has 2 aliphatic heterocycles. The van der Waals surface area contributed by atoms with Crippen molar-refractivity contribution in [3.63, 3.8) is 0 Å². The second kappa shape index (κ2) is 7.81. The van der Waals surface area contributed by atoms with E-state index in [1.165, 1.54) is 4.31 Å². The molecule has 1 N–H and O–H groups in total. The van der Waals surface area contributed by atoms with Crippen molar-refractivity contribution in [1.29, 1.82) is 0 Å². The van der Waals surface area contributed by atoms with Crippen molar-refractivity contribution in [2.24, 2.45) is 11.8 Å². The second-order valence-electron chi connectivity index (χ2n) is 6.83. The van der Waals surface area contributed by atoms with Crippen molar-refractivity contribution in [1.82, 2.24) is 13.9 Å². The first kappa shape index (κ1) is 18.5. The third-order valence-corrected chi connectivity index (χ3v) is 6.40. The first-order valence-corrected chi connectivity index (χ1v) is 9.91. The summed E-state index contributed by atoms with van der Waals surface area (Å²) in [6, 6.07) is -0.183. The summed E-state index contributed by atoms with van der Waals surface area (Å²) >= 11 is 0. The van der Waals surface area contributed by atoms with E-state index in [4.69, 9.17) is 4.74 Å². The molecular formula is C15H29N3O4S. The molecule has 2 rings (SSSR count). The minimum atomic E-state index is -3.46.